The monoisotopic (exact) mass is 291 g/mol. The van der Waals surface area contributed by atoms with Crippen molar-refractivity contribution in [1.82, 2.24) is 0 Å². The predicted molar refractivity (Wildman–Crippen MR) is 77.1 cm³/mol. The predicted octanol–water partition coefficient (Wildman–Crippen LogP) is 0.614. The molecule has 21 heavy (non-hydrogen) atoms. The molecule has 3 aliphatic rings. The summed E-state index contributed by atoms with van der Waals surface area (Å²) >= 11 is 0. The van der Waals surface area contributed by atoms with E-state index in [9.17, 15) is 15.2 Å². The van der Waals surface area contributed by atoms with Crippen LogP contribution in [0, 0.1) is 16.0 Å². The molecule has 2 bridgehead atoms. The fraction of sp³-hybridized carbons (Fsp3) is 0.467. The molecule has 1 aromatic carbocycles. The molecule has 0 spiro atoms. The Labute approximate surface area is 122 Å². The number of piperidine rings is 3. The average molecular weight is 291 g/mol. The first-order valence-corrected chi connectivity index (χ1v) is 7.17. The Morgan fingerprint density at radius 2 is 2.14 bits per heavy atom. The second-order valence-corrected chi connectivity index (χ2v) is 5.67. The molecule has 0 saturated carbocycles. The maximum atomic E-state index is 11.1. The van der Waals surface area contributed by atoms with E-state index < -0.39 is 11.0 Å². The Morgan fingerprint density at radius 3 is 2.71 bits per heavy atom. The van der Waals surface area contributed by atoms with Crippen molar-refractivity contribution in [1.29, 1.82) is 0 Å². The lowest BCUT2D eigenvalue weighted by Gasteiger charge is -2.40. The highest BCUT2D eigenvalue weighted by Gasteiger charge is 2.41. The lowest BCUT2D eigenvalue weighted by Crippen LogP contribution is -3.14. The number of fused-ring (bicyclic) bond motifs is 3. The molecule has 1 aromatic rings. The van der Waals surface area contributed by atoms with Gasteiger partial charge in [0.15, 0.2) is 5.75 Å². The van der Waals surface area contributed by atoms with Gasteiger partial charge in [0.05, 0.1) is 25.1 Å². The highest BCUT2D eigenvalue weighted by Crippen LogP contribution is 2.30. The van der Waals surface area contributed by atoms with E-state index >= 15 is 0 Å². The molecule has 4 rings (SSSR count). The summed E-state index contributed by atoms with van der Waals surface area (Å²) in [5.74, 6) is 0.586. The summed E-state index contributed by atoms with van der Waals surface area (Å²) in [5.41, 5.74) is 1.64. The van der Waals surface area contributed by atoms with Crippen LogP contribution in [0.3, 0.4) is 0 Å². The van der Waals surface area contributed by atoms with Gasteiger partial charge in [0.2, 0.25) is 0 Å². The molecule has 3 heterocycles. The van der Waals surface area contributed by atoms with E-state index in [0.717, 1.165) is 37.2 Å². The summed E-state index contributed by atoms with van der Waals surface area (Å²) in [6.07, 6.45) is 3.56. The lowest BCUT2D eigenvalue weighted by atomic mass is 9.83. The Hall–Kier alpha value is -1.92. The third kappa shape index (κ3) is 2.52. The van der Waals surface area contributed by atoms with Crippen LogP contribution in [0.1, 0.15) is 18.4 Å². The van der Waals surface area contributed by atoms with Crippen LogP contribution in [-0.4, -0.2) is 36.3 Å². The van der Waals surface area contributed by atoms with Crippen molar-refractivity contribution in [3.05, 3.63) is 39.6 Å². The Kier molecular flexibility index (Phi) is 3.65. The number of nitro benzene ring substituents is 1. The van der Waals surface area contributed by atoms with Crippen LogP contribution < -0.4 is 9.64 Å². The average Bonchev–Trinajstić information content (AvgIpc) is 2.51. The van der Waals surface area contributed by atoms with Gasteiger partial charge < -0.3 is 14.7 Å². The first-order chi connectivity index (χ1) is 10.1. The second-order valence-electron chi connectivity index (χ2n) is 5.67. The van der Waals surface area contributed by atoms with E-state index in [4.69, 9.17) is 4.74 Å². The number of hydrogen-bond acceptors (Lipinski definition) is 4. The molecule has 6 nitrogen and oxygen atoms in total. The topological polar surface area (TPSA) is 77.0 Å². The quantitative estimate of drug-likeness (QED) is 0.632. The minimum absolute atomic E-state index is 0.0488. The molecular weight excluding hydrogens is 272 g/mol. The van der Waals surface area contributed by atoms with E-state index in [0.29, 0.717) is 5.92 Å². The van der Waals surface area contributed by atoms with Crippen LogP contribution in [0.2, 0.25) is 0 Å². The molecule has 1 atom stereocenters. The van der Waals surface area contributed by atoms with Crippen LogP contribution >= 0.6 is 0 Å². The van der Waals surface area contributed by atoms with E-state index in [-0.39, 0.29) is 11.4 Å². The number of nitrogens with one attached hydrogen (secondary N) is 1. The third-order valence-electron chi connectivity index (χ3n) is 4.53. The van der Waals surface area contributed by atoms with Crippen LogP contribution in [-0.2, 0) is 0 Å². The highest BCUT2D eigenvalue weighted by atomic mass is 16.6. The van der Waals surface area contributed by atoms with Gasteiger partial charge in [-0.1, -0.05) is 6.07 Å². The number of hydrogen-bond donors (Lipinski definition) is 2. The molecule has 6 heteroatoms. The molecule has 0 radical (unpaired) electrons. The maximum Gasteiger partial charge on any atom is 0.311 e. The minimum atomic E-state index is -0.447. The van der Waals surface area contributed by atoms with Crippen LogP contribution in [0.25, 0.3) is 6.08 Å². The SMILES string of the molecule is COc1ccc(/C=C2/[C@@H](O)C3CC[NH+]2CC3)cc1[N+](=O)[O-]. The van der Waals surface area contributed by atoms with Gasteiger partial charge in [-0.3, -0.25) is 10.1 Å². The summed E-state index contributed by atoms with van der Waals surface area (Å²) < 4.78 is 5.01. The first kappa shape index (κ1) is 14.0. The van der Waals surface area contributed by atoms with Gasteiger partial charge in [-0.15, -0.1) is 0 Å². The molecule has 3 saturated heterocycles. The Morgan fingerprint density at radius 1 is 1.43 bits per heavy atom. The highest BCUT2D eigenvalue weighted by molar-refractivity contribution is 5.60. The zero-order valence-electron chi connectivity index (χ0n) is 11.9. The summed E-state index contributed by atoms with van der Waals surface area (Å²) in [6, 6.07) is 4.89. The van der Waals surface area contributed by atoms with Gasteiger partial charge in [0.1, 0.15) is 11.8 Å². The normalized spacial score (nSPS) is 29.6. The molecule has 0 aromatic heterocycles. The zero-order valence-corrected chi connectivity index (χ0v) is 11.9. The van der Waals surface area contributed by atoms with Gasteiger partial charge >= 0.3 is 5.69 Å². The second kappa shape index (κ2) is 5.46. The van der Waals surface area contributed by atoms with Gasteiger partial charge in [0, 0.05) is 30.9 Å². The Balaban J connectivity index is 1.96. The number of nitro groups is 1. The number of aliphatic hydroxyl groups is 1. The van der Waals surface area contributed by atoms with E-state index in [1.165, 1.54) is 18.1 Å². The molecule has 0 aliphatic carbocycles. The van der Waals surface area contributed by atoms with E-state index in [1.54, 1.807) is 12.1 Å². The van der Waals surface area contributed by atoms with E-state index in [2.05, 4.69) is 0 Å². The number of rotatable bonds is 3. The fourth-order valence-corrected chi connectivity index (χ4v) is 3.36. The van der Waals surface area contributed by atoms with Crippen LogP contribution in [0.15, 0.2) is 23.9 Å². The maximum absolute atomic E-state index is 11.1. The summed E-state index contributed by atoms with van der Waals surface area (Å²) in [6.45, 7) is 2.07. The van der Waals surface area contributed by atoms with Crippen LogP contribution in [0.5, 0.6) is 5.75 Å². The molecular formula is C15H19N2O4+. The molecule has 3 aliphatic heterocycles. The fourth-order valence-electron chi connectivity index (χ4n) is 3.36. The standard InChI is InChI=1S/C15H18N2O4/c1-21-14-3-2-10(8-12(14)17(19)20)9-13-15(18)11-4-6-16(13)7-5-11/h2-3,8-9,11,15,18H,4-7H2,1H3/p+1/b13-9-/t15-/m0/s1. The minimum Gasteiger partial charge on any atom is -0.490 e. The smallest absolute Gasteiger partial charge is 0.311 e. The summed E-state index contributed by atoms with van der Waals surface area (Å²) in [7, 11) is 1.42. The summed E-state index contributed by atoms with van der Waals surface area (Å²) in [5, 5.41) is 21.4. The third-order valence-corrected chi connectivity index (χ3v) is 4.53. The van der Waals surface area contributed by atoms with Crippen molar-refractivity contribution in [2.75, 3.05) is 20.2 Å². The molecule has 0 amide bonds. The van der Waals surface area contributed by atoms with Crippen molar-refractivity contribution in [2.45, 2.75) is 18.9 Å². The van der Waals surface area contributed by atoms with Crippen molar-refractivity contribution in [3.63, 3.8) is 0 Å². The van der Waals surface area contributed by atoms with E-state index in [1.807, 2.05) is 6.08 Å². The number of benzene rings is 1. The van der Waals surface area contributed by atoms with Crippen molar-refractivity contribution >= 4 is 11.8 Å². The van der Waals surface area contributed by atoms with Crippen molar-refractivity contribution < 1.29 is 19.7 Å². The summed E-state index contributed by atoms with van der Waals surface area (Å²) in [4.78, 5) is 11.9. The molecule has 3 fully saturated rings. The van der Waals surface area contributed by atoms with Gasteiger partial charge in [0.25, 0.3) is 0 Å². The van der Waals surface area contributed by atoms with Gasteiger partial charge in [-0.25, -0.2) is 0 Å². The van der Waals surface area contributed by atoms with Gasteiger partial charge in [-0.2, -0.15) is 0 Å². The number of ether oxygens (including phenoxy) is 1. The van der Waals surface area contributed by atoms with Crippen molar-refractivity contribution in [3.8, 4) is 5.75 Å². The molecule has 112 valence electrons. The number of quaternary nitrogens is 1. The molecule has 2 N–H and O–H groups in total. The number of nitrogens with zero attached hydrogens (tertiary/aromatic N) is 1. The zero-order chi connectivity index (χ0) is 15.0. The van der Waals surface area contributed by atoms with Gasteiger partial charge in [-0.05, 0) is 11.6 Å². The largest absolute Gasteiger partial charge is 0.490 e. The number of methoxy groups -OCH3 is 1. The number of aliphatic hydroxyl groups excluding tert-OH is 1. The Bertz CT molecular complexity index is 587. The van der Waals surface area contributed by atoms with Crippen molar-refractivity contribution in [2.24, 2.45) is 5.92 Å². The lowest BCUT2D eigenvalue weighted by molar-refractivity contribution is -0.880. The van der Waals surface area contributed by atoms with Crippen LogP contribution in [0.4, 0.5) is 5.69 Å². The first-order valence-electron chi connectivity index (χ1n) is 7.17. The molecule has 0 unspecified atom stereocenters.